The topological polar surface area (TPSA) is 50.7 Å². The van der Waals surface area contributed by atoms with Crippen molar-refractivity contribution in [2.75, 3.05) is 32.6 Å². The molecule has 0 spiro atoms. The first-order valence-electron chi connectivity index (χ1n) is 7.43. The van der Waals surface area contributed by atoms with Crippen LogP contribution < -0.4 is 5.32 Å². The average molecular weight is 289 g/mol. The van der Waals surface area contributed by atoms with E-state index in [1.54, 1.807) is 0 Å². The van der Waals surface area contributed by atoms with E-state index < -0.39 is 6.10 Å². The molecule has 112 valence electrons. The predicted molar refractivity (Wildman–Crippen MR) is 78.7 cm³/mol. The molecule has 2 rings (SSSR count). The van der Waals surface area contributed by atoms with Crippen molar-refractivity contribution in [2.24, 2.45) is 0 Å². The average Bonchev–Trinajstić information content (AvgIpc) is 3.07. The lowest BCUT2D eigenvalue weighted by atomic mass is 10.2. The van der Waals surface area contributed by atoms with Crippen LogP contribution >= 0.6 is 11.8 Å². The Hall–Kier alpha value is 0.190. The summed E-state index contributed by atoms with van der Waals surface area (Å²) in [6.07, 6.45) is 8.06. The van der Waals surface area contributed by atoms with Gasteiger partial charge < -0.3 is 19.9 Å². The van der Waals surface area contributed by atoms with Gasteiger partial charge in [-0.1, -0.05) is 6.42 Å². The van der Waals surface area contributed by atoms with Crippen molar-refractivity contribution in [1.29, 1.82) is 0 Å². The monoisotopic (exact) mass is 289 g/mol. The summed E-state index contributed by atoms with van der Waals surface area (Å²) < 4.78 is 11.0. The SMILES string of the molecule is CSC1CCCC1NCC(O)COCC1CCCO1. The van der Waals surface area contributed by atoms with E-state index in [9.17, 15) is 5.11 Å². The van der Waals surface area contributed by atoms with Crippen LogP contribution in [0.4, 0.5) is 0 Å². The Balaban J connectivity index is 1.52. The lowest BCUT2D eigenvalue weighted by Gasteiger charge is -2.21. The summed E-state index contributed by atoms with van der Waals surface area (Å²) in [7, 11) is 0. The molecule has 1 aliphatic heterocycles. The van der Waals surface area contributed by atoms with Gasteiger partial charge in [0, 0.05) is 24.4 Å². The zero-order valence-electron chi connectivity index (χ0n) is 11.8. The van der Waals surface area contributed by atoms with Gasteiger partial charge in [-0.2, -0.15) is 11.8 Å². The van der Waals surface area contributed by atoms with Crippen LogP contribution in [0.3, 0.4) is 0 Å². The van der Waals surface area contributed by atoms with Crippen LogP contribution in [0, 0.1) is 0 Å². The van der Waals surface area contributed by atoms with Gasteiger partial charge in [0.1, 0.15) is 0 Å². The van der Waals surface area contributed by atoms with Crippen LogP contribution in [-0.2, 0) is 9.47 Å². The molecule has 1 saturated carbocycles. The molecule has 0 amide bonds. The van der Waals surface area contributed by atoms with Gasteiger partial charge in [0.05, 0.1) is 25.4 Å². The highest BCUT2D eigenvalue weighted by Crippen LogP contribution is 2.28. The second kappa shape index (κ2) is 8.47. The fourth-order valence-electron chi connectivity index (χ4n) is 2.90. The third-order valence-corrected chi connectivity index (χ3v) is 5.18. The van der Waals surface area contributed by atoms with Crippen LogP contribution in [0.1, 0.15) is 32.1 Å². The summed E-state index contributed by atoms with van der Waals surface area (Å²) in [5.74, 6) is 0. The van der Waals surface area contributed by atoms with Crippen molar-refractivity contribution in [1.82, 2.24) is 5.32 Å². The molecule has 0 radical (unpaired) electrons. The Morgan fingerprint density at radius 2 is 2.26 bits per heavy atom. The van der Waals surface area contributed by atoms with Gasteiger partial charge in [-0.05, 0) is 31.9 Å². The highest BCUT2D eigenvalue weighted by molar-refractivity contribution is 7.99. The minimum absolute atomic E-state index is 0.246. The van der Waals surface area contributed by atoms with Crippen molar-refractivity contribution in [3.8, 4) is 0 Å². The van der Waals surface area contributed by atoms with Gasteiger partial charge in [-0.3, -0.25) is 0 Å². The second-order valence-electron chi connectivity index (χ2n) is 5.55. The van der Waals surface area contributed by atoms with E-state index in [1.807, 2.05) is 11.8 Å². The van der Waals surface area contributed by atoms with E-state index >= 15 is 0 Å². The number of hydrogen-bond acceptors (Lipinski definition) is 5. The van der Waals surface area contributed by atoms with Crippen molar-refractivity contribution >= 4 is 11.8 Å². The summed E-state index contributed by atoms with van der Waals surface area (Å²) in [6, 6.07) is 0.558. The molecule has 1 aliphatic carbocycles. The molecule has 0 aromatic rings. The fourth-order valence-corrected chi connectivity index (χ4v) is 3.86. The van der Waals surface area contributed by atoms with Gasteiger partial charge in [-0.25, -0.2) is 0 Å². The predicted octanol–water partition coefficient (Wildman–Crippen LogP) is 1.42. The third-order valence-electron chi connectivity index (χ3n) is 4.01. The zero-order valence-corrected chi connectivity index (χ0v) is 12.7. The van der Waals surface area contributed by atoms with Crippen LogP contribution in [-0.4, -0.2) is 61.2 Å². The van der Waals surface area contributed by atoms with E-state index in [4.69, 9.17) is 9.47 Å². The number of thioether (sulfide) groups is 1. The molecule has 19 heavy (non-hydrogen) atoms. The molecule has 4 unspecified atom stereocenters. The van der Waals surface area contributed by atoms with Crippen molar-refractivity contribution in [3.05, 3.63) is 0 Å². The molecule has 1 heterocycles. The second-order valence-corrected chi connectivity index (χ2v) is 6.62. The van der Waals surface area contributed by atoms with Crippen LogP contribution in [0.5, 0.6) is 0 Å². The Labute approximate surface area is 120 Å². The number of hydrogen-bond donors (Lipinski definition) is 2. The third kappa shape index (κ3) is 5.23. The van der Waals surface area contributed by atoms with Crippen LogP contribution in [0.2, 0.25) is 0 Å². The molecule has 2 aliphatic rings. The molecule has 4 nitrogen and oxygen atoms in total. The first-order chi connectivity index (χ1) is 9.29. The highest BCUT2D eigenvalue weighted by atomic mass is 32.2. The zero-order chi connectivity index (χ0) is 13.5. The smallest absolute Gasteiger partial charge is 0.0897 e. The first kappa shape index (κ1) is 15.6. The lowest BCUT2D eigenvalue weighted by Crippen LogP contribution is -2.40. The summed E-state index contributed by atoms with van der Waals surface area (Å²) in [5, 5.41) is 14.1. The molecule has 2 fully saturated rings. The summed E-state index contributed by atoms with van der Waals surface area (Å²) in [5.41, 5.74) is 0. The van der Waals surface area contributed by atoms with Gasteiger partial charge in [0.2, 0.25) is 0 Å². The molecule has 1 saturated heterocycles. The molecule has 0 aromatic carbocycles. The Morgan fingerprint density at radius 1 is 1.37 bits per heavy atom. The molecule has 4 atom stereocenters. The van der Waals surface area contributed by atoms with Gasteiger partial charge in [-0.15, -0.1) is 0 Å². The Bertz CT molecular complexity index is 249. The lowest BCUT2D eigenvalue weighted by molar-refractivity contribution is -0.0168. The van der Waals surface area contributed by atoms with E-state index in [2.05, 4.69) is 11.6 Å². The highest BCUT2D eigenvalue weighted by Gasteiger charge is 2.26. The Kier molecular flexibility index (Phi) is 6.94. The van der Waals surface area contributed by atoms with E-state index in [-0.39, 0.29) is 6.10 Å². The maximum Gasteiger partial charge on any atom is 0.0897 e. The van der Waals surface area contributed by atoms with E-state index in [0.717, 1.165) is 19.4 Å². The number of rotatable bonds is 8. The quantitative estimate of drug-likeness (QED) is 0.708. The maximum absolute atomic E-state index is 9.91. The largest absolute Gasteiger partial charge is 0.389 e. The molecule has 5 heteroatoms. The number of nitrogens with one attached hydrogen (secondary N) is 1. The molecular weight excluding hydrogens is 262 g/mol. The molecule has 0 bridgehead atoms. The Morgan fingerprint density at radius 3 is 3.00 bits per heavy atom. The molecule has 2 N–H and O–H groups in total. The summed E-state index contributed by atoms with van der Waals surface area (Å²) in [4.78, 5) is 0. The fraction of sp³-hybridized carbons (Fsp3) is 1.00. The summed E-state index contributed by atoms with van der Waals surface area (Å²) in [6.45, 7) is 2.51. The van der Waals surface area contributed by atoms with E-state index in [1.165, 1.54) is 19.3 Å². The maximum atomic E-state index is 9.91. The van der Waals surface area contributed by atoms with Crippen molar-refractivity contribution in [2.45, 2.75) is 55.6 Å². The van der Waals surface area contributed by atoms with Gasteiger partial charge in [0.25, 0.3) is 0 Å². The van der Waals surface area contributed by atoms with Crippen molar-refractivity contribution < 1.29 is 14.6 Å². The van der Waals surface area contributed by atoms with Crippen molar-refractivity contribution in [3.63, 3.8) is 0 Å². The van der Waals surface area contributed by atoms with Gasteiger partial charge in [0.15, 0.2) is 0 Å². The normalized spacial score (nSPS) is 32.8. The van der Waals surface area contributed by atoms with Crippen LogP contribution in [0.25, 0.3) is 0 Å². The van der Waals surface area contributed by atoms with E-state index in [0.29, 0.717) is 31.1 Å². The molecule has 0 aromatic heterocycles. The standard InChI is InChI=1S/C14H27NO3S/c1-19-14-6-2-5-13(14)15-8-11(16)9-17-10-12-4-3-7-18-12/h11-16H,2-10H2,1H3. The summed E-state index contributed by atoms with van der Waals surface area (Å²) >= 11 is 1.93. The number of aliphatic hydroxyl groups is 1. The number of aliphatic hydroxyl groups excluding tert-OH is 1. The van der Waals surface area contributed by atoms with Gasteiger partial charge >= 0.3 is 0 Å². The first-order valence-corrected chi connectivity index (χ1v) is 8.72. The minimum atomic E-state index is -0.412. The number of ether oxygens (including phenoxy) is 2. The minimum Gasteiger partial charge on any atom is -0.389 e. The van der Waals surface area contributed by atoms with Crippen LogP contribution in [0.15, 0.2) is 0 Å². The molecular formula is C14H27NO3S.